The van der Waals surface area contributed by atoms with Crippen molar-refractivity contribution in [1.29, 1.82) is 0 Å². The van der Waals surface area contributed by atoms with Crippen LogP contribution in [0.15, 0.2) is 41.0 Å². The summed E-state index contributed by atoms with van der Waals surface area (Å²) in [5.41, 5.74) is 1.10. The van der Waals surface area contributed by atoms with Crippen molar-refractivity contribution in [2.45, 2.75) is 44.2 Å². The maximum Gasteiger partial charge on any atom is 0.235 e. The van der Waals surface area contributed by atoms with Crippen molar-refractivity contribution in [2.75, 3.05) is 0 Å². The molecule has 23 heavy (non-hydrogen) atoms. The number of benzene rings is 1. The van der Waals surface area contributed by atoms with Gasteiger partial charge in [0, 0.05) is 21.9 Å². The molecule has 5 nitrogen and oxygen atoms in total. The van der Waals surface area contributed by atoms with Crippen molar-refractivity contribution in [1.82, 2.24) is 10.3 Å². The first-order valence-electron chi connectivity index (χ1n) is 7.45. The Morgan fingerprint density at radius 3 is 2.57 bits per heavy atom. The molecule has 0 aliphatic rings. The van der Waals surface area contributed by atoms with Crippen LogP contribution in [0.5, 0.6) is 0 Å². The molecule has 6 heteroatoms. The number of rotatable bonds is 5. The van der Waals surface area contributed by atoms with Gasteiger partial charge in [-0.3, -0.25) is 9.00 Å². The van der Waals surface area contributed by atoms with Crippen molar-refractivity contribution in [3.05, 3.63) is 42.3 Å². The highest BCUT2D eigenvalue weighted by molar-refractivity contribution is 7.85. The Hall–Kier alpha value is -1.95. The van der Waals surface area contributed by atoms with Gasteiger partial charge < -0.3 is 9.73 Å². The van der Waals surface area contributed by atoms with Gasteiger partial charge >= 0.3 is 0 Å². The quantitative estimate of drug-likeness (QED) is 0.912. The molecule has 0 saturated carbocycles. The average molecular weight is 334 g/mol. The maximum atomic E-state index is 12.4. The van der Waals surface area contributed by atoms with Gasteiger partial charge in [0.2, 0.25) is 11.8 Å². The van der Waals surface area contributed by atoms with Crippen LogP contribution < -0.4 is 5.32 Å². The molecule has 0 aliphatic carbocycles. The molecule has 124 valence electrons. The summed E-state index contributed by atoms with van der Waals surface area (Å²) in [6.07, 6.45) is 1.49. The summed E-state index contributed by atoms with van der Waals surface area (Å²) in [4.78, 5) is 16.4. The summed E-state index contributed by atoms with van der Waals surface area (Å²) in [7, 11) is -1.36. The molecule has 0 radical (unpaired) electrons. The van der Waals surface area contributed by atoms with E-state index in [0.29, 0.717) is 11.6 Å². The lowest BCUT2D eigenvalue weighted by atomic mass is 10.1. The maximum absolute atomic E-state index is 12.4. The fourth-order valence-corrected chi connectivity index (χ4v) is 2.92. The lowest BCUT2D eigenvalue weighted by molar-refractivity contribution is -0.121. The Balaban J connectivity index is 2.01. The molecule has 0 fully saturated rings. The molecule has 0 spiro atoms. The van der Waals surface area contributed by atoms with Crippen LogP contribution in [0.1, 0.15) is 33.4 Å². The predicted octanol–water partition coefficient (Wildman–Crippen LogP) is 2.89. The fraction of sp³-hybridized carbons (Fsp3) is 0.412. The Labute approximate surface area is 139 Å². The molecular weight excluding hydrogens is 312 g/mol. The Kier molecular flexibility index (Phi) is 5.36. The smallest absolute Gasteiger partial charge is 0.235 e. The highest BCUT2D eigenvalue weighted by Gasteiger charge is 2.24. The Morgan fingerprint density at radius 1 is 1.30 bits per heavy atom. The van der Waals surface area contributed by atoms with Crippen LogP contribution in [0.3, 0.4) is 0 Å². The number of nitrogens with zero attached hydrogens (tertiary/aromatic N) is 1. The van der Waals surface area contributed by atoms with Crippen LogP contribution in [0.25, 0.3) is 11.5 Å². The van der Waals surface area contributed by atoms with E-state index in [1.54, 1.807) is 6.92 Å². The van der Waals surface area contributed by atoms with Gasteiger partial charge in [0.1, 0.15) is 11.5 Å². The molecule has 1 amide bonds. The molecule has 1 aromatic heterocycles. The van der Waals surface area contributed by atoms with Crippen LogP contribution in [0.4, 0.5) is 0 Å². The second-order valence-electron chi connectivity index (χ2n) is 6.42. The third-order valence-corrected chi connectivity index (χ3v) is 4.71. The van der Waals surface area contributed by atoms with Gasteiger partial charge in [-0.15, -0.1) is 0 Å². The summed E-state index contributed by atoms with van der Waals surface area (Å²) in [6, 6.07) is 9.50. The van der Waals surface area contributed by atoms with Crippen LogP contribution >= 0.6 is 0 Å². The molecule has 2 aromatic rings. The molecular formula is C17H22N2O3S. The zero-order chi connectivity index (χ0) is 17.0. The van der Waals surface area contributed by atoms with Gasteiger partial charge in [-0.05, 0) is 39.8 Å². The monoisotopic (exact) mass is 334 g/mol. The minimum Gasteiger partial charge on any atom is -0.444 e. The van der Waals surface area contributed by atoms with E-state index in [9.17, 15) is 9.00 Å². The van der Waals surface area contributed by atoms with Gasteiger partial charge in [0.05, 0.1) is 11.4 Å². The van der Waals surface area contributed by atoms with E-state index in [1.165, 1.54) is 6.26 Å². The lowest BCUT2D eigenvalue weighted by Gasteiger charge is -2.22. The minimum atomic E-state index is -1.36. The number of nitrogens with one attached hydrogen (secondary N) is 1. The Morgan fingerprint density at radius 2 is 1.96 bits per heavy atom. The molecule has 0 saturated heterocycles. The van der Waals surface area contributed by atoms with Gasteiger partial charge in [0.15, 0.2) is 0 Å². The van der Waals surface area contributed by atoms with Gasteiger partial charge in [0.25, 0.3) is 0 Å². The fourth-order valence-electron chi connectivity index (χ4n) is 1.95. The van der Waals surface area contributed by atoms with Gasteiger partial charge in [-0.25, -0.2) is 4.98 Å². The normalized spacial score (nSPS) is 14.3. The molecule has 0 aliphatic heterocycles. The third-order valence-electron chi connectivity index (χ3n) is 3.12. The first-order valence-corrected chi connectivity index (χ1v) is 8.83. The number of amides is 1. The first kappa shape index (κ1) is 17.4. The Bertz CT molecular complexity index is 689. The van der Waals surface area contributed by atoms with Crippen molar-refractivity contribution >= 4 is 16.7 Å². The summed E-state index contributed by atoms with van der Waals surface area (Å²) in [6.45, 7) is 7.34. The topological polar surface area (TPSA) is 72.2 Å². The number of hydrogen-bond acceptors (Lipinski definition) is 4. The largest absolute Gasteiger partial charge is 0.444 e. The number of oxazole rings is 1. The highest BCUT2D eigenvalue weighted by atomic mass is 32.2. The standard InChI is InChI=1S/C17H22N2O3S/c1-12(15(20)19-17(2,3)4)23(21)11-14-10-22-16(18-14)13-8-6-5-7-9-13/h5-10,12H,11H2,1-4H3,(H,19,20). The molecule has 1 aromatic carbocycles. The van der Waals surface area contributed by atoms with E-state index in [-0.39, 0.29) is 17.2 Å². The zero-order valence-electron chi connectivity index (χ0n) is 13.8. The highest BCUT2D eigenvalue weighted by Crippen LogP contribution is 2.19. The number of aromatic nitrogens is 1. The van der Waals surface area contributed by atoms with Crippen molar-refractivity contribution in [2.24, 2.45) is 0 Å². The third kappa shape index (κ3) is 5.03. The molecule has 2 unspecified atom stereocenters. The van der Waals surface area contributed by atoms with Crippen molar-refractivity contribution < 1.29 is 13.4 Å². The summed E-state index contributed by atoms with van der Waals surface area (Å²) in [5.74, 6) is 0.460. The van der Waals surface area contributed by atoms with E-state index >= 15 is 0 Å². The molecule has 2 atom stereocenters. The SMILES string of the molecule is CC(C(=O)NC(C)(C)C)S(=O)Cc1coc(-c2ccccc2)n1. The summed E-state index contributed by atoms with van der Waals surface area (Å²) >= 11 is 0. The predicted molar refractivity (Wildman–Crippen MR) is 91.1 cm³/mol. The second-order valence-corrected chi connectivity index (χ2v) is 8.17. The van der Waals surface area contributed by atoms with E-state index in [0.717, 1.165) is 5.56 Å². The molecule has 1 N–H and O–H groups in total. The molecule has 2 rings (SSSR count). The molecule has 1 heterocycles. The van der Waals surface area contributed by atoms with Crippen LogP contribution in [-0.2, 0) is 21.3 Å². The van der Waals surface area contributed by atoms with Crippen molar-refractivity contribution in [3.8, 4) is 11.5 Å². The van der Waals surface area contributed by atoms with Crippen LogP contribution in [0, 0.1) is 0 Å². The minimum absolute atomic E-state index is 0.190. The van der Waals surface area contributed by atoms with Gasteiger partial charge in [-0.2, -0.15) is 0 Å². The van der Waals surface area contributed by atoms with E-state index in [1.807, 2.05) is 51.1 Å². The average Bonchev–Trinajstić information content (AvgIpc) is 2.94. The van der Waals surface area contributed by atoms with Gasteiger partial charge in [-0.1, -0.05) is 18.2 Å². The summed E-state index contributed by atoms with van der Waals surface area (Å²) in [5, 5.41) is 2.24. The van der Waals surface area contributed by atoms with E-state index < -0.39 is 16.0 Å². The molecule has 0 bridgehead atoms. The van der Waals surface area contributed by atoms with E-state index in [4.69, 9.17) is 4.42 Å². The van der Waals surface area contributed by atoms with Crippen LogP contribution in [-0.4, -0.2) is 25.9 Å². The van der Waals surface area contributed by atoms with Crippen molar-refractivity contribution in [3.63, 3.8) is 0 Å². The first-order chi connectivity index (χ1) is 10.8. The number of carbonyl (C=O) groups excluding carboxylic acids is 1. The summed E-state index contributed by atoms with van der Waals surface area (Å²) < 4.78 is 17.8. The van der Waals surface area contributed by atoms with E-state index in [2.05, 4.69) is 10.3 Å². The zero-order valence-corrected chi connectivity index (χ0v) is 14.6. The second kappa shape index (κ2) is 7.08. The van der Waals surface area contributed by atoms with Crippen LogP contribution in [0.2, 0.25) is 0 Å². The number of hydrogen-bond donors (Lipinski definition) is 1. The number of carbonyl (C=O) groups is 1. The lowest BCUT2D eigenvalue weighted by Crippen LogP contribution is -2.46.